The van der Waals surface area contributed by atoms with Gasteiger partial charge in [0.05, 0.1) is 19.4 Å². The highest BCUT2D eigenvalue weighted by Crippen LogP contribution is 2.24. The molecule has 0 saturated heterocycles. The first-order valence-corrected chi connectivity index (χ1v) is 4.91. The third kappa shape index (κ3) is 3.44. The molecule has 0 aliphatic rings. The predicted octanol–water partition coefficient (Wildman–Crippen LogP) is 1.04. The fraction of sp³-hybridized carbons (Fsp3) is 0.364. The topological polar surface area (TPSA) is 96.7 Å². The van der Waals surface area contributed by atoms with Crippen LogP contribution in [0.3, 0.4) is 0 Å². The van der Waals surface area contributed by atoms with Crippen molar-refractivity contribution in [3.05, 3.63) is 23.4 Å². The van der Waals surface area contributed by atoms with E-state index in [0.717, 1.165) is 0 Å². The molecule has 6 heteroatoms. The van der Waals surface area contributed by atoms with Crippen LogP contribution in [0.15, 0.2) is 12.1 Å². The number of ether oxygens (including phenoxy) is 1. The summed E-state index contributed by atoms with van der Waals surface area (Å²) in [7, 11) is 1.42. The van der Waals surface area contributed by atoms with Gasteiger partial charge in [0.15, 0.2) is 0 Å². The SMILES string of the molecule is COc1cc(C(CC(=O)O)C(=O)O)cc(C)n1. The van der Waals surface area contributed by atoms with Crippen LogP contribution in [0, 0.1) is 6.92 Å². The van der Waals surface area contributed by atoms with E-state index in [1.165, 1.54) is 13.2 Å². The molecule has 17 heavy (non-hydrogen) atoms. The van der Waals surface area contributed by atoms with Crippen molar-refractivity contribution in [1.82, 2.24) is 4.98 Å². The summed E-state index contributed by atoms with van der Waals surface area (Å²) in [6.45, 7) is 1.69. The first-order chi connectivity index (χ1) is 7.93. The molecule has 1 aromatic heterocycles. The first-order valence-electron chi connectivity index (χ1n) is 4.91. The zero-order chi connectivity index (χ0) is 13.0. The molecule has 1 heterocycles. The molecular weight excluding hydrogens is 226 g/mol. The van der Waals surface area contributed by atoms with Crippen molar-refractivity contribution in [2.24, 2.45) is 0 Å². The molecule has 1 aromatic rings. The maximum absolute atomic E-state index is 11.0. The van der Waals surface area contributed by atoms with Gasteiger partial charge in [0, 0.05) is 11.8 Å². The van der Waals surface area contributed by atoms with E-state index >= 15 is 0 Å². The average molecular weight is 239 g/mol. The molecule has 1 rings (SSSR count). The molecule has 2 N–H and O–H groups in total. The van der Waals surface area contributed by atoms with Crippen molar-refractivity contribution in [2.45, 2.75) is 19.3 Å². The van der Waals surface area contributed by atoms with Crippen LogP contribution in [0.4, 0.5) is 0 Å². The maximum Gasteiger partial charge on any atom is 0.311 e. The molecule has 0 aromatic carbocycles. The number of hydrogen-bond donors (Lipinski definition) is 2. The molecule has 0 bridgehead atoms. The summed E-state index contributed by atoms with van der Waals surface area (Å²) in [6, 6.07) is 2.99. The first kappa shape index (κ1) is 13.0. The van der Waals surface area contributed by atoms with E-state index in [-0.39, 0.29) is 5.88 Å². The van der Waals surface area contributed by atoms with Crippen molar-refractivity contribution in [2.75, 3.05) is 7.11 Å². The number of hydrogen-bond acceptors (Lipinski definition) is 4. The van der Waals surface area contributed by atoms with E-state index in [4.69, 9.17) is 14.9 Å². The summed E-state index contributed by atoms with van der Waals surface area (Å²) < 4.78 is 4.92. The van der Waals surface area contributed by atoms with Crippen molar-refractivity contribution >= 4 is 11.9 Å². The second kappa shape index (κ2) is 5.29. The Kier molecular flexibility index (Phi) is 4.03. The summed E-state index contributed by atoms with van der Waals surface area (Å²) in [4.78, 5) is 25.6. The van der Waals surface area contributed by atoms with Gasteiger partial charge in [0.2, 0.25) is 5.88 Å². The Balaban J connectivity index is 3.13. The molecule has 0 radical (unpaired) electrons. The van der Waals surface area contributed by atoms with E-state index in [1.54, 1.807) is 13.0 Å². The number of pyridine rings is 1. The lowest BCUT2D eigenvalue weighted by Crippen LogP contribution is -2.16. The minimum Gasteiger partial charge on any atom is -0.481 e. The fourth-order valence-corrected chi connectivity index (χ4v) is 1.49. The molecule has 1 atom stereocenters. The maximum atomic E-state index is 11.0. The second-order valence-corrected chi connectivity index (χ2v) is 3.57. The van der Waals surface area contributed by atoms with Gasteiger partial charge in [-0.1, -0.05) is 0 Å². The lowest BCUT2D eigenvalue weighted by Gasteiger charge is -2.12. The highest BCUT2D eigenvalue weighted by molar-refractivity contribution is 5.82. The van der Waals surface area contributed by atoms with Crippen LogP contribution in [0.1, 0.15) is 23.6 Å². The number of nitrogens with zero attached hydrogens (tertiary/aromatic N) is 1. The molecule has 0 spiro atoms. The van der Waals surface area contributed by atoms with E-state index in [2.05, 4.69) is 4.98 Å². The average Bonchev–Trinajstić information content (AvgIpc) is 2.24. The van der Waals surface area contributed by atoms with E-state index in [1.807, 2.05) is 0 Å². The van der Waals surface area contributed by atoms with Gasteiger partial charge in [0.1, 0.15) is 0 Å². The van der Waals surface area contributed by atoms with E-state index in [0.29, 0.717) is 11.3 Å². The zero-order valence-corrected chi connectivity index (χ0v) is 9.51. The van der Waals surface area contributed by atoms with Gasteiger partial charge in [-0.15, -0.1) is 0 Å². The lowest BCUT2D eigenvalue weighted by molar-refractivity contribution is -0.145. The number of aryl methyl sites for hydroxylation is 1. The summed E-state index contributed by atoms with van der Waals surface area (Å²) in [5.74, 6) is -3.16. The Morgan fingerprint density at radius 3 is 2.53 bits per heavy atom. The van der Waals surface area contributed by atoms with Crippen LogP contribution in [-0.4, -0.2) is 34.2 Å². The minimum atomic E-state index is -1.18. The largest absolute Gasteiger partial charge is 0.481 e. The van der Waals surface area contributed by atoms with Gasteiger partial charge in [0.25, 0.3) is 0 Å². The summed E-state index contributed by atoms with van der Waals surface area (Å²) >= 11 is 0. The third-order valence-corrected chi connectivity index (χ3v) is 2.24. The number of aliphatic carboxylic acids is 2. The Bertz CT molecular complexity index is 443. The van der Waals surface area contributed by atoms with Crippen LogP contribution in [-0.2, 0) is 9.59 Å². The third-order valence-electron chi connectivity index (χ3n) is 2.24. The second-order valence-electron chi connectivity index (χ2n) is 3.57. The van der Waals surface area contributed by atoms with Crippen molar-refractivity contribution in [1.29, 1.82) is 0 Å². The fourth-order valence-electron chi connectivity index (χ4n) is 1.49. The quantitative estimate of drug-likeness (QED) is 0.796. The van der Waals surface area contributed by atoms with E-state index < -0.39 is 24.3 Å². The molecular formula is C11H13NO5. The van der Waals surface area contributed by atoms with Crippen molar-refractivity contribution in [3.8, 4) is 5.88 Å². The number of carbonyl (C=O) groups is 2. The number of carboxylic acid groups (broad SMARTS) is 2. The molecule has 0 saturated carbocycles. The molecule has 0 fully saturated rings. The van der Waals surface area contributed by atoms with Gasteiger partial charge >= 0.3 is 11.9 Å². The van der Waals surface area contributed by atoms with Crippen LogP contribution >= 0.6 is 0 Å². The summed E-state index contributed by atoms with van der Waals surface area (Å²) in [5.41, 5.74) is 0.959. The predicted molar refractivity (Wildman–Crippen MR) is 58.2 cm³/mol. The van der Waals surface area contributed by atoms with Crippen molar-refractivity contribution < 1.29 is 24.5 Å². The van der Waals surface area contributed by atoms with Gasteiger partial charge in [-0.2, -0.15) is 0 Å². The van der Waals surface area contributed by atoms with Crippen LogP contribution in [0.5, 0.6) is 5.88 Å². The zero-order valence-electron chi connectivity index (χ0n) is 9.51. The summed E-state index contributed by atoms with van der Waals surface area (Å²) in [6.07, 6.45) is -0.470. The van der Waals surface area contributed by atoms with Crippen molar-refractivity contribution in [3.63, 3.8) is 0 Å². The number of carboxylic acids is 2. The normalized spacial score (nSPS) is 11.9. The van der Waals surface area contributed by atoms with E-state index in [9.17, 15) is 9.59 Å². The van der Waals surface area contributed by atoms with Crippen LogP contribution in [0.2, 0.25) is 0 Å². The number of aromatic nitrogens is 1. The lowest BCUT2D eigenvalue weighted by atomic mass is 9.96. The Morgan fingerprint density at radius 1 is 1.41 bits per heavy atom. The summed E-state index contributed by atoms with van der Waals surface area (Å²) in [5, 5.41) is 17.7. The molecule has 0 aliphatic heterocycles. The van der Waals surface area contributed by atoms with Gasteiger partial charge in [-0.05, 0) is 18.6 Å². The molecule has 0 aliphatic carbocycles. The molecule has 0 amide bonds. The number of methoxy groups -OCH3 is 1. The molecule has 92 valence electrons. The molecule has 1 unspecified atom stereocenters. The monoisotopic (exact) mass is 239 g/mol. The number of rotatable bonds is 5. The Morgan fingerprint density at radius 2 is 2.06 bits per heavy atom. The van der Waals surface area contributed by atoms with Gasteiger partial charge in [-0.3, -0.25) is 9.59 Å². The van der Waals surface area contributed by atoms with Gasteiger partial charge < -0.3 is 14.9 Å². The minimum absolute atomic E-state index is 0.275. The highest BCUT2D eigenvalue weighted by Gasteiger charge is 2.24. The Hall–Kier alpha value is -2.11. The highest BCUT2D eigenvalue weighted by atomic mass is 16.5. The standard InChI is InChI=1S/C11H13NO5/c1-6-3-7(4-9(12-6)17-2)8(11(15)16)5-10(13)14/h3-4,8H,5H2,1-2H3,(H,13,14)(H,15,16). The van der Waals surface area contributed by atoms with Crippen LogP contribution < -0.4 is 4.74 Å². The Labute approximate surface area is 97.9 Å². The van der Waals surface area contributed by atoms with Gasteiger partial charge in [-0.25, -0.2) is 4.98 Å². The molecule has 6 nitrogen and oxygen atoms in total. The smallest absolute Gasteiger partial charge is 0.311 e. The van der Waals surface area contributed by atoms with Crippen LogP contribution in [0.25, 0.3) is 0 Å².